The van der Waals surface area contributed by atoms with E-state index in [2.05, 4.69) is 44.9 Å². The summed E-state index contributed by atoms with van der Waals surface area (Å²) >= 11 is 0. The molecule has 0 spiro atoms. The molecule has 0 saturated heterocycles. The van der Waals surface area contributed by atoms with Crippen LogP contribution in [-0.2, 0) is 19.0 Å². The maximum atomic E-state index is 6.19. The number of rotatable bonds is 3. The van der Waals surface area contributed by atoms with Crippen LogP contribution in [0, 0.1) is 13.8 Å². The van der Waals surface area contributed by atoms with Gasteiger partial charge in [-0.15, -0.1) is 0 Å². The van der Waals surface area contributed by atoms with Crippen molar-refractivity contribution in [2.24, 2.45) is 12.8 Å². The Kier molecular flexibility index (Phi) is 4.10. The number of nitrogens with zero attached hydrogens (tertiary/aromatic N) is 2. The standard InChI is InChI=1S/C17H25N3O/c1-11-7-8-15(14(9-11)17(3,4)5)21-16-13(10-18)12(2)19-20(16)6/h7-9H,10,18H2,1-6H3. The molecule has 0 aliphatic rings. The molecule has 0 aliphatic carbocycles. The molecule has 2 rings (SSSR count). The minimum Gasteiger partial charge on any atom is -0.439 e. The molecule has 4 heteroatoms. The molecule has 1 aromatic carbocycles. The van der Waals surface area contributed by atoms with Crippen molar-refractivity contribution in [3.8, 4) is 11.6 Å². The SMILES string of the molecule is Cc1ccc(Oc2c(CN)c(C)nn2C)c(C(C)(C)C)c1. The summed E-state index contributed by atoms with van der Waals surface area (Å²) in [5, 5.41) is 4.40. The van der Waals surface area contributed by atoms with E-state index in [1.165, 1.54) is 11.1 Å². The summed E-state index contributed by atoms with van der Waals surface area (Å²) in [6.45, 7) is 11.0. The molecule has 0 amide bonds. The van der Waals surface area contributed by atoms with Gasteiger partial charge in [-0.05, 0) is 25.3 Å². The van der Waals surface area contributed by atoms with Crippen molar-refractivity contribution in [3.05, 3.63) is 40.6 Å². The average Bonchev–Trinajstić information content (AvgIpc) is 2.64. The van der Waals surface area contributed by atoms with Gasteiger partial charge in [-0.3, -0.25) is 0 Å². The molecule has 0 fully saturated rings. The van der Waals surface area contributed by atoms with E-state index in [9.17, 15) is 0 Å². The topological polar surface area (TPSA) is 53.1 Å². The van der Waals surface area contributed by atoms with E-state index in [4.69, 9.17) is 10.5 Å². The van der Waals surface area contributed by atoms with Crippen LogP contribution in [0.1, 0.15) is 43.2 Å². The van der Waals surface area contributed by atoms with Gasteiger partial charge in [-0.25, -0.2) is 4.68 Å². The third kappa shape index (κ3) is 3.10. The molecule has 1 heterocycles. The third-order valence-corrected chi connectivity index (χ3v) is 3.64. The molecule has 21 heavy (non-hydrogen) atoms. The largest absolute Gasteiger partial charge is 0.439 e. The zero-order valence-electron chi connectivity index (χ0n) is 13.8. The normalized spacial score (nSPS) is 11.8. The van der Waals surface area contributed by atoms with Crippen LogP contribution in [0.3, 0.4) is 0 Å². The molecule has 2 aromatic rings. The van der Waals surface area contributed by atoms with Crippen molar-refractivity contribution in [2.45, 2.75) is 46.6 Å². The lowest BCUT2D eigenvalue weighted by molar-refractivity contribution is 0.410. The zero-order valence-corrected chi connectivity index (χ0v) is 13.8. The highest BCUT2D eigenvalue weighted by Crippen LogP contribution is 2.36. The number of aromatic nitrogens is 2. The first kappa shape index (κ1) is 15.6. The van der Waals surface area contributed by atoms with Gasteiger partial charge in [0.15, 0.2) is 0 Å². The van der Waals surface area contributed by atoms with Crippen LogP contribution >= 0.6 is 0 Å². The van der Waals surface area contributed by atoms with Gasteiger partial charge in [0.1, 0.15) is 5.75 Å². The second-order valence-electron chi connectivity index (χ2n) is 6.55. The summed E-state index contributed by atoms with van der Waals surface area (Å²) in [7, 11) is 1.88. The Morgan fingerprint density at radius 3 is 2.48 bits per heavy atom. The number of benzene rings is 1. The van der Waals surface area contributed by atoms with Gasteiger partial charge in [-0.1, -0.05) is 38.5 Å². The Hall–Kier alpha value is -1.81. The van der Waals surface area contributed by atoms with Gasteiger partial charge in [-0.2, -0.15) is 5.10 Å². The number of aryl methyl sites for hydroxylation is 3. The molecular weight excluding hydrogens is 262 g/mol. The van der Waals surface area contributed by atoms with E-state index < -0.39 is 0 Å². The minimum absolute atomic E-state index is 0.0118. The second-order valence-corrected chi connectivity index (χ2v) is 6.55. The second kappa shape index (κ2) is 5.53. The van der Waals surface area contributed by atoms with Gasteiger partial charge in [0, 0.05) is 19.2 Å². The Morgan fingerprint density at radius 2 is 1.90 bits per heavy atom. The molecule has 0 saturated carbocycles. The molecule has 0 radical (unpaired) electrons. The van der Waals surface area contributed by atoms with Crippen LogP contribution in [0.2, 0.25) is 0 Å². The minimum atomic E-state index is 0.0118. The number of hydrogen-bond acceptors (Lipinski definition) is 3. The molecule has 114 valence electrons. The molecule has 0 unspecified atom stereocenters. The number of nitrogens with two attached hydrogens (primary N) is 1. The summed E-state index contributed by atoms with van der Waals surface area (Å²) in [5.41, 5.74) is 10.1. The van der Waals surface area contributed by atoms with Crippen molar-refractivity contribution >= 4 is 0 Å². The van der Waals surface area contributed by atoms with E-state index in [0.29, 0.717) is 6.54 Å². The Balaban J connectivity index is 2.50. The van der Waals surface area contributed by atoms with Gasteiger partial charge >= 0.3 is 0 Å². The Morgan fingerprint density at radius 1 is 1.24 bits per heavy atom. The van der Waals surface area contributed by atoms with Crippen LogP contribution in [-0.4, -0.2) is 9.78 Å². The lowest BCUT2D eigenvalue weighted by atomic mass is 9.85. The summed E-state index contributed by atoms with van der Waals surface area (Å²) in [5.74, 6) is 1.59. The maximum Gasteiger partial charge on any atom is 0.222 e. The number of hydrogen-bond donors (Lipinski definition) is 1. The van der Waals surface area contributed by atoms with E-state index >= 15 is 0 Å². The van der Waals surface area contributed by atoms with Crippen LogP contribution < -0.4 is 10.5 Å². The fourth-order valence-electron chi connectivity index (χ4n) is 2.47. The fraction of sp³-hybridized carbons (Fsp3) is 0.471. The number of ether oxygens (including phenoxy) is 1. The van der Waals surface area contributed by atoms with Crippen LogP contribution in [0.25, 0.3) is 0 Å². The predicted octanol–water partition coefficient (Wildman–Crippen LogP) is 3.59. The molecule has 0 atom stereocenters. The van der Waals surface area contributed by atoms with E-state index in [0.717, 1.165) is 22.9 Å². The van der Waals surface area contributed by atoms with Gasteiger partial charge in [0.05, 0.1) is 11.3 Å². The molecule has 0 bridgehead atoms. The van der Waals surface area contributed by atoms with Gasteiger partial charge in [0.25, 0.3) is 0 Å². The molecule has 4 nitrogen and oxygen atoms in total. The van der Waals surface area contributed by atoms with Crippen molar-refractivity contribution in [3.63, 3.8) is 0 Å². The van der Waals surface area contributed by atoms with Crippen molar-refractivity contribution < 1.29 is 4.74 Å². The lowest BCUT2D eigenvalue weighted by Gasteiger charge is -2.23. The summed E-state index contributed by atoms with van der Waals surface area (Å²) in [6.07, 6.45) is 0. The van der Waals surface area contributed by atoms with E-state index in [-0.39, 0.29) is 5.41 Å². The monoisotopic (exact) mass is 287 g/mol. The Labute approximate surface area is 126 Å². The van der Waals surface area contributed by atoms with Crippen LogP contribution in [0.5, 0.6) is 11.6 Å². The average molecular weight is 287 g/mol. The highest BCUT2D eigenvalue weighted by atomic mass is 16.5. The summed E-state index contributed by atoms with van der Waals surface area (Å²) in [4.78, 5) is 0. The highest BCUT2D eigenvalue weighted by molar-refractivity contribution is 5.44. The molecule has 0 aliphatic heterocycles. The molecule has 2 N–H and O–H groups in total. The predicted molar refractivity (Wildman–Crippen MR) is 85.8 cm³/mol. The van der Waals surface area contributed by atoms with Crippen LogP contribution in [0.4, 0.5) is 0 Å². The Bertz CT molecular complexity index is 651. The summed E-state index contributed by atoms with van der Waals surface area (Å²) in [6, 6.07) is 6.27. The van der Waals surface area contributed by atoms with Crippen LogP contribution in [0.15, 0.2) is 18.2 Å². The third-order valence-electron chi connectivity index (χ3n) is 3.64. The van der Waals surface area contributed by atoms with Crippen molar-refractivity contribution in [1.29, 1.82) is 0 Å². The molecular formula is C17H25N3O. The van der Waals surface area contributed by atoms with Gasteiger partial charge in [0.2, 0.25) is 5.88 Å². The first-order valence-corrected chi connectivity index (χ1v) is 7.25. The van der Waals surface area contributed by atoms with E-state index in [1.807, 2.05) is 20.0 Å². The maximum absolute atomic E-state index is 6.19. The van der Waals surface area contributed by atoms with Crippen molar-refractivity contribution in [1.82, 2.24) is 9.78 Å². The first-order chi connectivity index (χ1) is 9.74. The zero-order chi connectivity index (χ0) is 15.8. The smallest absolute Gasteiger partial charge is 0.222 e. The van der Waals surface area contributed by atoms with Gasteiger partial charge < -0.3 is 10.5 Å². The quantitative estimate of drug-likeness (QED) is 0.938. The highest BCUT2D eigenvalue weighted by Gasteiger charge is 2.22. The fourth-order valence-corrected chi connectivity index (χ4v) is 2.47. The lowest BCUT2D eigenvalue weighted by Crippen LogP contribution is -2.13. The molecule has 1 aromatic heterocycles. The van der Waals surface area contributed by atoms with E-state index in [1.54, 1.807) is 4.68 Å². The first-order valence-electron chi connectivity index (χ1n) is 7.25. The summed E-state index contributed by atoms with van der Waals surface area (Å²) < 4.78 is 7.94. The van der Waals surface area contributed by atoms with Crippen molar-refractivity contribution in [2.75, 3.05) is 0 Å².